The Balaban J connectivity index is 4.09. The Bertz CT molecular complexity index is 164. The molecule has 0 aliphatic rings. The smallest absolute Gasteiger partial charge is 0.0346 e. The van der Waals surface area contributed by atoms with Gasteiger partial charge in [-0.15, -0.1) is 0 Å². The van der Waals surface area contributed by atoms with Crippen molar-refractivity contribution < 1.29 is 0 Å². The fraction of sp³-hybridized carbons (Fsp3) is 0.833. The van der Waals surface area contributed by atoms with Crippen molar-refractivity contribution in [1.82, 2.24) is 4.31 Å². The monoisotopic (exact) mass is 215 g/mol. The largest absolute Gasteiger partial charge is 0.318 e. The molecular weight excluding hydrogens is 190 g/mol. The number of allylic oxidation sites excluding steroid dienone is 1. The minimum absolute atomic E-state index is 0.548. The van der Waals surface area contributed by atoms with E-state index >= 15 is 0 Å². The lowest BCUT2D eigenvalue weighted by Gasteiger charge is -2.31. The van der Waals surface area contributed by atoms with Crippen LogP contribution in [0.15, 0.2) is 12.3 Å². The second-order valence-corrected chi connectivity index (χ2v) is 5.31. The first-order chi connectivity index (χ1) is 6.50. The zero-order valence-electron chi connectivity index (χ0n) is 10.3. The zero-order chi connectivity index (χ0) is 11.1. The lowest BCUT2D eigenvalue weighted by molar-refractivity contribution is 0.430. The van der Waals surface area contributed by atoms with Crippen molar-refractivity contribution in [1.29, 1.82) is 0 Å². The third-order valence-corrected chi connectivity index (χ3v) is 3.55. The molecule has 14 heavy (non-hydrogen) atoms. The molecule has 1 nitrogen and oxygen atoms in total. The highest BCUT2D eigenvalue weighted by molar-refractivity contribution is 7.97. The van der Waals surface area contributed by atoms with Crippen molar-refractivity contribution in [3.8, 4) is 0 Å². The summed E-state index contributed by atoms with van der Waals surface area (Å²) < 4.78 is 2.36. The Morgan fingerprint density at radius 1 is 1.29 bits per heavy atom. The van der Waals surface area contributed by atoms with Gasteiger partial charge in [0.25, 0.3) is 0 Å². The highest BCUT2D eigenvalue weighted by Crippen LogP contribution is 2.25. The minimum atomic E-state index is 0.548. The van der Waals surface area contributed by atoms with E-state index in [2.05, 4.69) is 45.5 Å². The lowest BCUT2D eigenvalue weighted by atomic mass is 10.1. The molecule has 0 heterocycles. The lowest BCUT2D eigenvalue weighted by Crippen LogP contribution is -2.25. The number of hydrogen-bond acceptors (Lipinski definition) is 2. The van der Waals surface area contributed by atoms with Crippen LogP contribution >= 0.6 is 11.9 Å². The molecule has 0 spiro atoms. The third-order valence-electron chi connectivity index (χ3n) is 2.15. The van der Waals surface area contributed by atoms with E-state index in [1.807, 2.05) is 11.9 Å². The quantitative estimate of drug-likeness (QED) is 0.460. The Morgan fingerprint density at radius 2 is 1.86 bits per heavy atom. The van der Waals surface area contributed by atoms with Gasteiger partial charge in [0.05, 0.1) is 0 Å². The molecular formula is C12H25NS. The molecule has 0 aliphatic carbocycles. The molecule has 0 bridgehead atoms. The summed E-state index contributed by atoms with van der Waals surface area (Å²) in [5.41, 5.74) is 1.25. The maximum absolute atomic E-state index is 4.16. The summed E-state index contributed by atoms with van der Waals surface area (Å²) in [6, 6.07) is 0.548. The first-order valence-electron chi connectivity index (χ1n) is 5.61. The molecule has 0 aromatic heterocycles. The first kappa shape index (κ1) is 13.9. The average molecular weight is 215 g/mol. The molecule has 84 valence electrons. The Hall–Kier alpha value is -0.110. The van der Waals surface area contributed by atoms with Crippen LogP contribution in [0.4, 0.5) is 0 Å². The van der Waals surface area contributed by atoms with Crippen LogP contribution in [0.25, 0.3) is 0 Å². The van der Waals surface area contributed by atoms with Gasteiger partial charge in [0.2, 0.25) is 0 Å². The number of rotatable bonds is 7. The summed E-state index contributed by atoms with van der Waals surface area (Å²) in [7, 11) is 0. The van der Waals surface area contributed by atoms with E-state index in [9.17, 15) is 0 Å². The van der Waals surface area contributed by atoms with E-state index < -0.39 is 0 Å². The summed E-state index contributed by atoms with van der Waals surface area (Å²) in [6.45, 7) is 15.3. The van der Waals surface area contributed by atoms with Crippen molar-refractivity contribution in [2.75, 3.05) is 5.75 Å². The van der Waals surface area contributed by atoms with E-state index in [-0.39, 0.29) is 0 Å². The van der Waals surface area contributed by atoms with Crippen LogP contribution < -0.4 is 0 Å². The second-order valence-electron chi connectivity index (χ2n) is 4.25. The molecule has 0 N–H and O–H groups in total. The fourth-order valence-corrected chi connectivity index (χ4v) is 2.41. The van der Waals surface area contributed by atoms with Crippen LogP contribution in [0.2, 0.25) is 0 Å². The Labute approximate surface area is 94.1 Å². The van der Waals surface area contributed by atoms with Crippen molar-refractivity contribution in [3.05, 3.63) is 12.3 Å². The van der Waals surface area contributed by atoms with Crippen LogP contribution in [0.5, 0.6) is 0 Å². The van der Waals surface area contributed by atoms with Gasteiger partial charge in [0.1, 0.15) is 0 Å². The Morgan fingerprint density at radius 3 is 2.21 bits per heavy atom. The molecule has 0 aliphatic heterocycles. The summed E-state index contributed by atoms with van der Waals surface area (Å²) >= 11 is 1.92. The van der Waals surface area contributed by atoms with E-state index in [4.69, 9.17) is 0 Å². The van der Waals surface area contributed by atoms with E-state index in [0.717, 1.165) is 0 Å². The van der Waals surface area contributed by atoms with E-state index in [1.54, 1.807) is 0 Å². The number of unbranched alkanes of at least 4 members (excludes halogenated alkanes) is 1. The maximum Gasteiger partial charge on any atom is 0.0346 e. The van der Waals surface area contributed by atoms with Crippen molar-refractivity contribution in [3.63, 3.8) is 0 Å². The Kier molecular flexibility index (Phi) is 7.16. The average Bonchev–Trinajstić information content (AvgIpc) is 2.10. The molecule has 0 amide bonds. The van der Waals surface area contributed by atoms with Gasteiger partial charge in [-0.1, -0.05) is 33.8 Å². The normalized spacial score (nSPS) is 11.1. The molecule has 2 heteroatoms. The van der Waals surface area contributed by atoms with Gasteiger partial charge in [-0.25, -0.2) is 0 Å². The predicted octanol–water partition coefficient (Wildman–Crippen LogP) is 4.31. The highest BCUT2D eigenvalue weighted by atomic mass is 32.2. The van der Waals surface area contributed by atoms with Gasteiger partial charge in [-0.2, -0.15) is 0 Å². The maximum atomic E-state index is 4.16. The van der Waals surface area contributed by atoms with Crippen LogP contribution in [-0.2, 0) is 0 Å². The van der Waals surface area contributed by atoms with Gasteiger partial charge in [-0.3, -0.25) is 0 Å². The summed E-state index contributed by atoms with van der Waals surface area (Å²) in [6.07, 6.45) is 2.56. The zero-order valence-corrected chi connectivity index (χ0v) is 11.2. The van der Waals surface area contributed by atoms with Crippen molar-refractivity contribution >= 4 is 11.9 Å². The molecule has 0 aromatic rings. The van der Waals surface area contributed by atoms with Crippen molar-refractivity contribution in [2.45, 2.75) is 53.5 Å². The number of nitrogens with zero attached hydrogens (tertiary/aromatic N) is 1. The topological polar surface area (TPSA) is 3.24 Å². The first-order valence-corrected chi connectivity index (χ1v) is 6.55. The van der Waals surface area contributed by atoms with E-state index in [0.29, 0.717) is 12.0 Å². The molecule has 0 radical (unpaired) electrons. The van der Waals surface area contributed by atoms with Gasteiger partial charge >= 0.3 is 0 Å². The van der Waals surface area contributed by atoms with Crippen LogP contribution in [0.3, 0.4) is 0 Å². The summed E-state index contributed by atoms with van der Waals surface area (Å²) in [5, 5.41) is 0. The summed E-state index contributed by atoms with van der Waals surface area (Å²) in [5.74, 6) is 1.76. The SMILES string of the molecule is C=C(C(C)C)N(SCCCC)C(C)C. The molecule has 0 unspecified atom stereocenters. The van der Waals surface area contributed by atoms with Gasteiger partial charge in [0, 0.05) is 17.5 Å². The molecule has 0 saturated carbocycles. The van der Waals surface area contributed by atoms with Crippen LogP contribution in [0.1, 0.15) is 47.5 Å². The van der Waals surface area contributed by atoms with Gasteiger partial charge in [0.15, 0.2) is 0 Å². The van der Waals surface area contributed by atoms with Crippen LogP contribution in [0, 0.1) is 5.92 Å². The fourth-order valence-electron chi connectivity index (χ4n) is 1.13. The number of hydrogen-bond donors (Lipinski definition) is 0. The molecule has 0 atom stereocenters. The van der Waals surface area contributed by atoms with Gasteiger partial charge < -0.3 is 4.31 Å². The second kappa shape index (κ2) is 7.22. The standard InChI is InChI=1S/C12H25NS/c1-7-8-9-14-13(11(4)5)12(6)10(2)3/h10-11H,6-9H2,1-5H3. The molecule has 0 rings (SSSR count). The summed E-state index contributed by atoms with van der Waals surface area (Å²) in [4.78, 5) is 0. The highest BCUT2D eigenvalue weighted by Gasteiger charge is 2.14. The third kappa shape index (κ3) is 4.94. The van der Waals surface area contributed by atoms with E-state index in [1.165, 1.54) is 24.3 Å². The van der Waals surface area contributed by atoms with Gasteiger partial charge in [-0.05, 0) is 38.1 Å². The molecule has 0 saturated heterocycles. The predicted molar refractivity (Wildman–Crippen MR) is 68.3 cm³/mol. The molecule has 0 fully saturated rings. The van der Waals surface area contributed by atoms with Crippen molar-refractivity contribution in [2.24, 2.45) is 5.92 Å². The van der Waals surface area contributed by atoms with Crippen LogP contribution in [-0.4, -0.2) is 16.1 Å². The molecule has 0 aromatic carbocycles. The minimum Gasteiger partial charge on any atom is -0.318 e.